The zero-order chi connectivity index (χ0) is 14.5. The van der Waals surface area contributed by atoms with E-state index in [4.69, 9.17) is 5.73 Å². The highest BCUT2D eigenvalue weighted by molar-refractivity contribution is 6.13. The molecule has 0 bridgehead atoms. The Labute approximate surface area is 118 Å². The first kappa shape index (κ1) is 14.1. The minimum atomic E-state index is -0.456. The number of allylic oxidation sites excluding steroid dienone is 1. The average Bonchev–Trinajstić information content (AvgIpc) is 2.89. The lowest BCUT2D eigenvalue weighted by Crippen LogP contribution is -2.41. The van der Waals surface area contributed by atoms with Crippen LogP contribution in [0.25, 0.3) is 0 Å². The van der Waals surface area contributed by atoms with Crippen molar-refractivity contribution in [2.75, 3.05) is 10.6 Å². The van der Waals surface area contributed by atoms with Crippen molar-refractivity contribution in [2.45, 2.75) is 32.6 Å². The average molecular weight is 273 g/mol. The summed E-state index contributed by atoms with van der Waals surface area (Å²) in [5.41, 5.74) is 7.89. The van der Waals surface area contributed by atoms with Crippen LogP contribution in [-0.2, 0) is 4.79 Å². The van der Waals surface area contributed by atoms with E-state index in [1.807, 2.05) is 0 Å². The Bertz CT molecular complexity index is 544. The van der Waals surface area contributed by atoms with Gasteiger partial charge in [-0.15, -0.1) is 0 Å². The van der Waals surface area contributed by atoms with Crippen LogP contribution < -0.4 is 16.0 Å². The summed E-state index contributed by atoms with van der Waals surface area (Å²) in [6.07, 6.45) is 6.07. The molecule has 20 heavy (non-hydrogen) atoms. The molecule has 5 nitrogen and oxygen atoms in total. The lowest BCUT2D eigenvalue weighted by molar-refractivity contribution is -0.115. The lowest BCUT2D eigenvalue weighted by Gasteiger charge is -2.19. The van der Waals surface area contributed by atoms with Gasteiger partial charge in [-0.3, -0.25) is 4.79 Å². The van der Waals surface area contributed by atoms with Crippen molar-refractivity contribution in [2.24, 2.45) is 0 Å². The number of benzene rings is 1. The second-order valence-electron chi connectivity index (χ2n) is 4.91. The number of hydrogen-bond donors (Lipinski definition) is 2. The largest absolute Gasteiger partial charge is 0.399 e. The molecule has 0 radical (unpaired) electrons. The number of amides is 3. The van der Waals surface area contributed by atoms with Crippen LogP contribution in [-0.4, -0.2) is 11.9 Å². The summed E-state index contributed by atoms with van der Waals surface area (Å²) in [6.45, 7) is 1.35. The molecule has 0 saturated heterocycles. The molecule has 0 unspecified atom stereocenters. The Hall–Kier alpha value is -2.30. The van der Waals surface area contributed by atoms with Gasteiger partial charge in [0.2, 0.25) is 5.91 Å². The molecule has 0 aliphatic heterocycles. The molecule has 0 atom stereocenters. The molecule has 1 aliphatic rings. The van der Waals surface area contributed by atoms with Gasteiger partial charge in [0.25, 0.3) is 0 Å². The smallest absolute Gasteiger partial charge is 0.332 e. The molecule has 1 fully saturated rings. The number of urea groups is 1. The van der Waals surface area contributed by atoms with Crippen molar-refractivity contribution in [3.05, 3.63) is 36.0 Å². The molecular weight excluding hydrogens is 254 g/mol. The fourth-order valence-corrected chi connectivity index (χ4v) is 2.31. The van der Waals surface area contributed by atoms with Gasteiger partial charge in [0.1, 0.15) is 0 Å². The van der Waals surface area contributed by atoms with E-state index >= 15 is 0 Å². The Morgan fingerprint density at radius 2 is 2.00 bits per heavy atom. The summed E-state index contributed by atoms with van der Waals surface area (Å²) in [5, 5.41) is 2.69. The predicted molar refractivity (Wildman–Crippen MR) is 79.1 cm³/mol. The van der Waals surface area contributed by atoms with Crippen molar-refractivity contribution in [3.8, 4) is 0 Å². The molecule has 106 valence electrons. The van der Waals surface area contributed by atoms with Crippen LogP contribution in [0.4, 0.5) is 16.2 Å². The molecule has 0 heterocycles. The zero-order valence-corrected chi connectivity index (χ0v) is 11.6. The normalized spacial score (nSPS) is 13.9. The van der Waals surface area contributed by atoms with Gasteiger partial charge >= 0.3 is 6.03 Å². The monoisotopic (exact) mass is 273 g/mol. The maximum Gasteiger partial charge on any atom is 0.332 e. The fourth-order valence-electron chi connectivity index (χ4n) is 2.31. The van der Waals surface area contributed by atoms with E-state index in [-0.39, 0.29) is 5.91 Å². The zero-order valence-electron chi connectivity index (χ0n) is 11.6. The van der Waals surface area contributed by atoms with E-state index < -0.39 is 6.03 Å². The highest BCUT2D eigenvalue weighted by Crippen LogP contribution is 2.23. The standard InChI is InChI=1S/C15H19N3O2/c1-11(19)18(14-8-4-7-13(16)9-14)15(20)17-10-12-5-2-3-6-12/h4,7-10H,2-3,5-6,16H2,1H3,(H,17,20). The number of carbonyl (C=O) groups is 2. The maximum absolute atomic E-state index is 12.2. The molecule has 3 N–H and O–H groups in total. The Kier molecular flexibility index (Phi) is 4.40. The maximum atomic E-state index is 12.2. The number of imide groups is 1. The van der Waals surface area contributed by atoms with E-state index in [1.54, 1.807) is 30.5 Å². The minimum Gasteiger partial charge on any atom is -0.399 e. The van der Waals surface area contributed by atoms with Crippen LogP contribution >= 0.6 is 0 Å². The van der Waals surface area contributed by atoms with Crippen LogP contribution in [0.3, 0.4) is 0 Å². The number of carbonyl (C=O) groups excluding carboxylic acids is 2. The van der Waals surface area contributed by atoms with Crippen molar-refractivity contribution >= 4 is 23.3 Å². The van der Waals surface area contributed by atoms with E-state index in [0.29, 0.717) is 11.4 Å². The summed E-state index contributed by atoms with van der Waals surface area (Å²) in [5.74, 6) is -0.349. The van der Waals surface area contributed by atoms with Gasteiger partial charge in [0.15, 0.2) is 0 Å². The third-order valence-electron chi connectivity index (χ3n) is 3.29. The van der Waals surface area contributed by atoms with E-state index in [0.717, 1.165) is 30.6 Å². The highest BCUT2D eigenvalue weighted by atomic mass is 16.2. The predicted octanol–water partition coefficient (Wildman–Crippen LogP) is 2.79. The van der Waals surface area contributed by atoms with Gasteiger partial charge in [-0.05, 0) is 43.9 Å². The molecule has 1 aromatic rings. The van der Waals surface area contributed by atoms with Gasteiger partial charge in [-0.25, -0.2) is 9.69 Å². The van der Waals surface area contributed by atoms with Gasteiger partial charge in [-0.2, -0.15) is 0 Å². The highest BCUT2D eigenvalue weighted by Gasteiger charge is 2.19. The Morgan fingerprint density at radius 3 is 2.60 bits per heavy atom. The summed E-state index contributed by atoms with van der Waals surface area (Å²) < 4.78 is 0. The SMILES string of the molecule is CC(=O)N(C(=O)NC=C1CCCC1)c1cccc(N)c1. The number of rotatable bonds is 2. The molecule has 0 aromatic heterocycles. The number of nitrogens with zero attached hydrogens (tertiary/aromatic N) is 1. The molecule has 1 saturated carbocycles. The van der Waals surface area contributed by atoms with Gasteiger partial charge in [-0.1, -0.05) is 11.6 Å². The molecule has 1 aromatic carbocycles. The molecule has 0 spiro atoms. The second kappa shape index (κ2) is 6.23. The van der Waals surface area contributed by atoms with Gasteiger partial charge in [0.05, 0.1) is 5.69 Å². The van der Waals surface area contributed by atoms with Crippen LogP contribution in [0.2, 0.25) is 0 Å². The first-order valence-electron chi connectivity index (χ1n) is 6.72. The van der Waals surface area contributed by atoms with E-state index in [1.165, 1.54) is 12.5 Å². The number of nitrogens with one attached hydrogen (secondary N) is 1. The third kappa shape index (κ3) is 3.38. The molecule has 5 heteroatoms. The summed E-state index contributed by atoms with van der Waals surface area (Å²) in [6, 6.07) is 6.25. The van der Waals surface area contributed by atoms with Crippen molar-refractivity contribution in [3.63, 3.8) is 0 Å². The Morgan fingerprint density at radius 1 is 1.30 bits per heavy atom. The second-order valence-corrected chi connectivity index (χ2v) is 4.91. The third-order valence-corrected chi connectivity index (χ3v) is 3.29. The van der Waals surface area contributed by atoms with Crippen molar-refractivity contribution in [1.29, 1.82) is 0 Å². The first-order chi connectivity index (χ1) is 9.58. The van der Waals surface area contributed by atoms with Crippen LogP contribution in [0.1, 0.15) is 32.6 Å². The number of nitrogens with two attached hydrogens (primary N) is 1. The summed E-state index contributed by atoms with van der Waals surface area (Å²) >= 11 is 0. The summed E-state index contributed by atoms with van der Waals surface area (Å²) in [4.78, 5) is 24.9. The minimum absolute atomic E-state index is 0.349. The number of hydrogen-bond acceptors (Lipinski definition) is 3. The number of anilines is 2. The fraction of sp³-hybridized carbons (Fsp3) is 0.333. The van der Waals surface area contributed by atoms with Crippen molar-refractivity contribution in [1.82, 2.24) is 5.32 Å². The van der Waals surface area contributed by atoms with E-state index in [2.05, 4.69) is 5.32 Å². The first-order valence-corrected chi connectivity index (χ1v) is 6.72. The summed E-state index contributed by atoms with van der Waals surface area (Å²) in [7, 11) is 0. The van der Waals surface area contributed by atoms with Crippen LogP contribution in [0, 0.1) is 0 Å². The number of nitrogen functional groups attached to an aromatic ring is 1. The lowest BCUT2D eigenvalue weighted by atomic mass is 10.2. The van der Waals surface area contributed by atoms with Gasteiger partial charge in [0, 0.05) is 18.8 Å². The molecular formula is C15H19N3O2. The molecule has 3 amide bonds. The molecule has 1 aliphatic carbocycles. The van der Waals surface area contributed by atoms with Gasteiger partial charge < -0.3 is 11.1 Å². The molecule has 2 rings (SSSR count). The van der Waals surface area contributed by atoms with Crippen molar-refractivity contribution < 1.29 is 9.59 Å². The topological polar surface area (TPSA) is 75.4 Å². The Balaban J connectivity index is 2.14. The quantitative estimate of drug-likeness (QED) is 0.813. The van der Waals surface area contributed by atoms with Crippen LogP contribution in [0.5, 0.6) is 0 Å². The van der Waals surface area contributed by atoms with Crippen LogP contribution in [0.15, 0.2) is 36.0 Å². The van der Waals surface area contributed by atoms with E-state index in [9.17, 15) is 9.59 Å².